The van der Waals surface area contributed by atoms with Crippen LogP contribution in [0.3, 0.4) is 0 Å². The van der Waals surface area contributed by atoms with Crippen molar-refractivity contribution in [2.24, 2.45) is 0 Å². The van der Waals surface area contributed by atoms with Crippen molar-refractivity contribution in [3.8, 4) is 6.07 Å². The average Bonchev–Trinajstić information content (AvgIpc) is 2.16. The Morgan fingerprint density at radius 2 is 1.87 bits per heavy atom. The van der Waals surface area contributed by atoms with E-state index in [-0.39, 0.29) is 5.92 Å². The molecular formula is C12H15ClN2. The van der Waals surface area contributed by atoms with Gasteiger partial charge in [-0.1, -0.05) is 39.3 Å². The van der Waals surface area contributed by atoms with Crippen molar-refractivity contribution in [3.05, 3.63) is 28.0 Å². The van der Waals surface area contributed by atoms with Crippen molar-refractivity contribution in [1.29, 1.82) is 5.26 Å². The number of nitrogens with zero attached hydrogens (tertiary/aromatic N) is 2. The Labute approximate surface area is 95.9 Å². The molecule has 1 aromatic heterocycles. The van der Waals surface area contributed by atoms with Crippen molar-refractivity contribution in [1.82, 2.24) is 4.98 Å². The molecule has 0 saturated carbocycles. The van der Waals surface area contributed by atoms with Gasteiger partial charge >= 0.3 is 0 Å². The summed E-state index contributed by atoms with van der Waals surface area (Å²) in [5, 5.41) is 9.39. The Balaban J connectivity index is 3.51. The fourth-order valence-corrected chi connectivity index (χ4v) is 1.90. The summed E-state index contributed by atoms with van der Waals surface area (Å²) >= 11 is 5.92. The van der Waals surface area contributed by atoms with E-state index in [2.05, 4.69) is 38.7 Å². The van der Waals surface area contributed by atoms with Crippen LogP contribution in [0.2, 0.25) is 5.15 Å². The highest BCUT2D eigenvalue weighted by Crippen LogP contribution is 2.31. The molecule has 0 atom stereocenters. The van der Waals surface area contributed by atoms with E-state index in [4.69, 9.17) is 16.9 Å². The van der Waals surface area contributed by atoms with Crippen molar-refractivity contribution in [3.63, 3.8) is 0 Å². The standard InChI is InChI=1S/C12H15ClN2/c1-7(2)10-6-15-12(13)9(5-14)11(10)8(3)4/h6-8H,1-4H3. The summed E-state index contributed by atoms with van der Waals surface area (Å²) in [5.41, 5.74) is 2.68. The second-order valence-corrected chi connectivity index (χ2v) is 4.57. The van der Waals surface area contributed by atoms with Crippen LogP contribution in [-0.2, 0) is 0 Å². The number of pyridine rings is 1. The van der Waals surface area contributed by atoms with Crippen molar-refractivity contribution in [2.75, 3.05) is 0 Å². The van der Waals surface area contributed by atoms with E-state index in [9.17, 15) is 0 Å². The van der Waals surface area contributed by atoms with Crippen LogP contribution in [0.15, 0.2) is 6.20 Å². The number of nitriles is 1. The Kier molecular flexibility index (Phi) is 3.71. The molecular weight excluding hydrogens is 208 g/mol. The summed E-state index contributed by atoms with van der Waals surface area (Å²) in [7, 11) is 0. The maximum Gasteiger partial charge on any atom is 0.147 e. The minimum atomic E-state index is 0.289. The number of hydrogen-bond donors (Lipinski definition) is 0. The summed E-state index contributed by atoms with van der Waals surface area (Å²) < 4.78 is 0. The van der Waals surface area contributed by atoms with Gasteiger partial charge in [0.05, 0.1) is 5.56 Å². The third-order valence-electron chi connectivity index (χ3n) is 2.41. The molecule has 0 radical (unpaired) electrons. The normalized spacial score (nSPS) is 10.8. The zero-order chi connectivity index (χ0) is 11.6. The molecule has 0 saturated heterocycles. The molecule has 80 valence electrons. The van der Waals surface area contributed by atoms with E-state index in [0.29, 0.717) is 16.6 Å². The summed E-state index contributed by atoms with van der Waals surface area (Å²) in [6.07, 6.45) is 1.78. The van der Waals surface area contributed by atoms with Gasteiger partial charge in [-0.05, 0) is 23.0 Å². The predicted octanol–water partition coefficient (Wildman–Crippen LogP) is 3.85. The van der Waals surface area contributed by atoms with Crippen molar-refractivity contribution < 1.29 is 0 Å². The Hall–Kier alpha value is -1.07. The smallest absolute Gasteiger partial charge is 0.147 e. The molecule has 15 heavy (non-hydrogen) atoms. The monoisotopic (exact) mass is 222 g/mol. The molecule has 0 aliphatic rings. The maximum absolute atomic E-state index is 9.08. The molecule has 0 fully saturated rings. The molecule has 0 unspecified atom stereocenters. The lowest BCUT2D eigenvalue weighted by Gasteiger charge is -2.17. The van der Waals surface area contributed by atoms with Gasteiger partial charge in [0.2, 0.25) is 0 Å². The Morgan fingerprint density at radius 3 is 2.27 bits per heavy atom. The highest BCUT2D eigenvalue weighted by Gasteiger charge is 2.17. The van der Waals surface area contributed by atoms with Gasteiger partial charge in [0, 0.05) is 6.20 Å². The summed E-state index contributed by atoms with van der Waals surface area (Å²) in [4.78, 5) is 4.06. The van der Waals surface area contributed by atoms with Gasteiger partial charge in [-0.2, -0.15) is 5.26 Å². The maximum atomic E-state index is 9.08. The number of rotatable bonds is 2. The second-order valence-electron chi connectivity index (χ2n) is 4.21. The third-order valence-corrected chi connectivity index (χ3v) is 2.70. The lowest BCUT2D eigenvalue weighted by Crippen LogP contribution is -2.04. The number of hydrogen-bond acceptors (Lipinski definition) is 2. The number of halogens is 1. The summed E-state index contributed by atoms with van der Waals surface area (Å²) in [6, 6.07) is 2.15. The molecule has 0 aliphatic carbocycles. The molecule has 3 heteroatoms. The molecule has 0 N–H and O–H groups in total. The first-order chi connectivity index (χ1) is 6.99. The first kappa shape index (κ1) is 12.0. The van der Waals surface area contributed by atoms with Gasteiger partial charge in [0.1, 0.15) is 11.2 Å². The molecule has 0 aliphatic heterocycles. The second kappa shape index (κ2) is 4.63. The topological polar surface area (TPSA) is 36.7 Å². The molecule has 0 amide bonds. The quantitative estimate of drug-likeness (QED) is 0.713. The van der Waals surface area contributed by atoms with Gasteiger partial charge in [0.25, 0.3) is 0 Å². The average molecular weight is 223 g/mol. The van der Waals surface area contributed by atoms with Gasteiger partial charge in [-0.3, -0.25) is 0 Å². The molecule has 1 aromatic rings. The molecule has 0 bridgehead atoms. The van der Waals surface area contributed by atoms with Crippen LogP contribution in [0.25, 0.3) is 0 Å². The van der Waals surface area contributed by atoms with Crippen LogP contribution in [-0.4, -0.2) is 4.98 Å². The zero-order valence-electron chi connectivity index (χ0n) is 9.50. The van der Waals surface area contributed by atoms with Crippen LogP contribution in [0.1, 0.15) is 56.2 Å². The highest BCUT2D eigenvalue weighted by molar-refractivity contribution is 6.30. The minimum absolute atomic E-state index is 0.289. The lowest BCUT2D eigenvalue weighted by atomic mass is 9.89. The van der Waals surface area contributed by atoms with Crippen molar-refractivity contribution >= 4 is 11.6 Å². The van der Waals surface area contributed by atoms with Crippen LogP contribution < -0.4 is 0 Å². The zero-order valence-corrected chi connectivity index (χ0v) is 10.3. The van der Waals surface area contributed by atoms with E-state index >= 15 is 0 Å². The van der Waals surface area contributed by atoms with Crippen molar-refractivity contribution in [2.45, 2.75) is 39.5 Å². The predicted molar refractivity (Wildman–Crippen MR) is 62.1 cm³/mol. The fourth-order valence-electron chi connectivity index (χ4n) is 1.70. The fraction of sp³-hybridized carbons (Fsp3) is 0.500. The van der Waals surface area contributed by atoms with E-state index < -0.39 is 0 Å². The van der Waals surface area contributed by atoms with Gasteiger partial charge < -0.3 is 0 Å². The van der Waals surface area contributed by atoms with Crippen LogP contribution in [0.5, 0.6) is 0 Å². The summed E-state index contributed by atoms with van der Waals surface area (Å²) in [6.45, 7) is 8.33. The molecule has 0 aromatic carbocycles. The molecule has 2 nitrogen and oxygen atoms in total. The van der Waals surface area contributed by atoms with Crippen LogP contribution in [0.4, 0.5) is 0 Å². The molecule has 1 heterocycles. The third kappa shape index (κ3) is 2.30. The van der Waals surface area contributed by atoms with E-state index in [1.807, 2.05) is 0 Å². The van der Waals surface area contributed by atoms with Crippen LogP contribution >= 0.6 is 11.6 Å². The minimum Gasteiger partial charge on any atom is -0.243 e. The van der Waals surface area contributed by atoms with Gasteiger partial charge in [-0.15, -0.1) is 0 Å². The SMILES string of the molecule is CC(C)c1cnc(Cl)c(C#N)c1C(C)C. The first-order valence-corrected chi connectivity index (χ1v) is 5.45. The first-order valence-electron chi connectivity index (χ1n) is 5.07. The summed E-state index contributed by atoms with van der Waals surface area (Å²) in [5.74, 6) is 0.650. The Morgan fingerprint density at radius 1 is 1.27 bits per heavy atom. The molecule has 0 spiro atoms. The highest BCUT2D eigenvalue weighted by atomic mass is 35.5. The lowest BCUT2D eigenvalue weighted by molar-refractivity contribution is 0.779. The number of aromatic nitrogens is 1. The van der Waals surface area contributed by atoms with Crippen LogP contribution in [0, 0.1) is 11.3 Å². The van der Waals surface area contributed by atoms with Gasteiger partial charge in [-0.25, -0.2) is 4.98 Å². The van der Waals surface area contributed by atoms with Gasteiger partial charge in [0.15, 0.2) is 0 Å². The van der Waals surface area contributed by atoms with E-state index in [1.165, 1.54) is 0 Å². The molecule has 1 rings (SSSR count). The van der Waals surface area contributed by atoms with E-state index in [1.54, 1.807) is 6.20 Å². The largest absolute Gasteiger partial charge is 0.243 e. The van der Waals surface area contributed by atoms with E-state index in [0.717, 1.165) is 11.1 Å². The Bertz CT molecular complexity index is 403.